The van der Waals surface area contributed by atoms with Crippen molar-refractivity contribution in [3.8, 4) is 11.3 Å². The summed E-state index contributed by atoms with van der Waals surface area (Å²) in [6.45, 7) is 3.89. The summed E-state index contributed by atoms with van der Waals surface area (Å²) < 4.78 is 28.4. The van der Waals surface area contributed by atoms with E-state index in [1.54, 1.807) is 0 Å². The molecule has 0 amide bonds. The summed E-state index contributed by atoms with van der Waals surface area (Å²) in [6, 6.07) is 7.83. The lowest BCUT2D eigenvalue weighted by Crippen LogP contribution is -2.43. The van der Waals surface area contributed by atoms with Crippen LogP contribution < -0.4 is 10.2 Å². The number of hydrogen-bond donors (Lipinski definition) is 1. The molecule has 6 heteroatoms. The van der Waals surface area contributed by atoms with Crippen LogP contribution in [0.4, 0.5) is 14.5 Å². The van der Waals surface area contributed by atoms with Crippen LogP contribution in [0.15, 0.2) is 42.7 Å². The van der Waals surface area contributed by atoms with Gasteiger partial charge in [-0.15, -0.1) is 0 Å². The zero-order valence-electron chi connectivity index (χ0n) is 12.5. The minimum Gasteiger partial charge on any atom is -0.368 e. The van der Waals surface area contributed by atoms with Crippen molar-refractivity contribution in [3.63, 3.8) is 0 Å². The first-order valence-corrected chi connectivity index (χ1v) is 7.60. The average molecular weight is 314 g/mol. The van der Waals surface area contributed by atoms with Crippen LogP contribution in [0, 0.1) is 11.6 Å². The average Bonchev–Trinajstić information content (AvgIpc) is 3.01. The van der Waals surface area contributed by atoms with Crippen molar-refractivity contribution in [2.45, 2.75) is 0 Å². The van der Waals surface area contributed by atoms with Crippen LogP contribution in [-0.4, -0.2) is 35.6 Å². The molecule has 0 saturated carbocycles. The Hall–Kier alpha value is -2.47. The quantitative estimate of drug-likeness (QED) is 0.789. The molecule has 118 valence electrons. The van der Waals surface area contributed by atoms with E-state index in [0.29, 0.717) is 11.3 Å². The molecule has 4 nitrogen and oxygen atoms in total. The lowest BCUT2D eigenvalue weighted by Gasteiger charge is -2.29. The number of benzene rings is 1. The highest BCUT2D eigenvalue weighted by Gasteiger charge is 2.12. The normalized spacial score (nSPS) is 15.3. The van der Waals surface area contributed by atoms with Gasteiger partial charge in [0.2, 0.25) is 0 Å². The molecule has 0 aliphatic carbocycles. The molecule has 1 saturated heterocycles. The Balaban J connectivity index is 1.71. The largest absolute Gasteiger partial charge is 0.368 e. The predicted molar refractivity (Wildman–Crippen MR) is 85.6 cm³/mol. The van der Waals surface area contributed by atoms with E-state index in [9.17, 15) is 8.78 Å². The molecule has 0 spiro atoms. The van der Waals surface area contributed by atoms with Gasteiger partial charge in [-0.05, 0) is 30.3 Å². The third-order valence-electron chi connectivity index (χ3n) is 4.13. The summed E-state index contributed by atoms with van der Waals surface area (Å²) in [5.41, 5.74) is 3.11. The summed E-state index contributed by atoms with van der Waals surface area (Å²) in [6.07, 6.45) is 3.87. The smallest absolute Gasteiger partial charge is 0.159 e. The molecule has 0 radical (unpaired) electrons. The standard InChI is InChI=1S/C17H16F2N4/c18-14-3-1-12(9-15(14)19)16-11-23-10-13(2-4-17(23)21-16)22-7-5-20-6-8-22/h1-4,9-11,20H,5-8H2. The summed E-state index contributed by atoms with van der Waals surface area (Å²) in [5, 5.41) is 3.33. The minimum absolute atomic E-state index is 0.566. The molecule has 1 fully saturated rings. The Morgan fingerprint density at radius 2 is 1.78 bits per heavy atom. The molecule has 1 aromatic carbocycles. The first kappa shape index (κ1) is 14.1. The second kappa shape index (κ2) is 5.62. The SMILES string of the molecule is Fc1ccc(-c2cn3cc(N4CCNCC4)ccc3n2)cc1F. The van der Waals surface area contributed by atoms with Gasteiger partial charge in [0.25, 0.3) is 0 Å². The van der Waals surface area contributed by atoms with E-state index in [2.05, 4.69) is 15.2 Å². The molecule has 3 heterocycles. The highest BCUT2D eigenvalue weighted by atomic mass is 19.2. The van der Waals surface area contributed by atoms with E-state index in [4.69, 9.17) is 0 Å². The maximum Gasteiger partial charge on any atom is 0.159 e. The number of halogens is 2. The molecule has 23 heavy (non-hydrogen) atoms. The van der Waals surface area contributed by atoms with Crippen molar-refractivity contribution in [2.24, 2.45) is 0 Å². The van der Waals surface area contributed by atoms with E-state index in [-0.39, 0.29) is 0 Å². The first-order chi connectivity index (χ1) is 11.2. The zero-order valence-corrected chi connectivity index (χ0v) is 12.5. The van der Waals surface area contributed by atoms with Crippen molar-refractivity contribution in [2.75, 3.05) is 31.1 Å². The summed E-state index contributed by atoms with van der Waals surface area (Å²) in [7, 11) is 0. The fourth-order valence-electron chi connectivity index (χ4n) is 2.88. The number of hydrogen-bond acceptors (Lipinski definition) is 3. The lowest BCUT2D eigenvalue weighted by molar-refractivity contribution is 0.509. The van der Waals surface area contributed by atoms with Crippen LogP contribution in [0.2, 0.25) is 0 Å². The van der Waals surface area contributed by atoms with Gasteiger partial charge in [0.1, 0.15) is 5.65 Å². The molecule has 1 N–H and O–H groups in total. The van der Waals surface area contributed by atoms with Gasteiger partial charge in [0, 0.05) is 44.1 Å². The van der Waals surface area contributed by atoms with Crippen molar-refractivity contribution in [1.29, 1.82) is 0 Å². The molecular weight excluding hydrogens is 298 g/mol. The van der Waals surface area contributed by atoms with Crippen molar-refractivity contribution in [1.82, 2.24) is 14.7 Å². The minimum atomic E-state index is -0.860. The Morgan fingerprint density at radius 3 is 2.57 bits per heavy atom. The lowest BCUT2D eigenvalue weighted by atomic mass is 10.1. The maximum absolute atomic E-state index is 13.4. The highest BCUT2D eigenvalue weighted by molar-refractivity contribution is 5.64. The summed E-state index contributed by atoms with van der Waals surface area (Å²) >= 11 is 0. The fourth-order valence-corrected chi connectivity index (χ4v) is 2.88. The van der Waals surface area contributed by atoms with E-state index in [1.807, 2.05) is 28.9 Å². The van der Waals surface area contributed by atoms with Crippen molar-refractivity contribution < 1.29 is 8.78 Å². The van der Waals surface area contributed by atoms with Gasteiger partial charge < -0.3 is 14.6 Å². The molecule has 0 bridgehead atoms. The number of pyridine rings is 1. The first-order valence-electron chi connectivity index (χ1n) is 7.60. The van der Waals surface area contributed by atoms with Crippen LogP contribution in [0.5, 0.6) is 0 Å². The summed E-state index contributed by atoms with van der Waals surface area (Å²) in [4.78, 5) is 6.80. The summed E-state index contributed by atoms with van der Waals surface area (Å²) in [5.74, 6) is -1.71. The second-order valence-corrected chi connectivity index (χ2v) is 5.64. The van der Waals surface area contributed by atoms with Crippen LogP contribution in [-0.2, 0) is 0 Å². The Morgan fingerprint density at radius 1 is 0.957 bits per heavy atom. The van der Waals surface area contributed by atoms with Crippen LogP contribution in [0.1, 0.15) is 0 Å². The molecule has 1 aliphatic heterocycles. The molecule has 4 rings (SSSR count). The maximum atomic E-state index is 13.4. The molecule has 0 unspecified atom stereocenters. The molecule has 1 aliphatic rings. The van der Waals surface area contributed by atoms with Gasteiger partial charge in [0.15, 0.2) is 11.6 Å². The van der Waals surface area contributed by atoms with E-state index >= 15 is 0 Å². The van der Waals surface area contributed by atoms with Crippen LogP contribution in [0.3, 0.4) is 0 Å². The van der Waals surface area contributed by atoms with Gasteiger partial charge in [0.05, 0.1) is 11.4 Å². The monoisotopic (exact) mass is 314 g/mol. The molecule has 0 atom stereocenters. The number of nitrogens with one attached hydrogen (secondary N) is 1. The van der Waals surface area contributed by atoms with E-state index in [0.717, 1.165) is 43.6 Å². The predicted octanol–water partition coefficient (Wildman–Crippen LogP) is 2.69. The van der Waals surface area contributed by atoms with Crippen molar-refractivity contribution in [3.05, 3.63) is 54.4 Å². The number of anilines is 1. The van der Waals surface area contributed by atoms with Gasteiger partial charge in [-0.1, -0.05) is 0 Å². The van der Waals surface area contributed by atoms with Crippen molar-refractivity contribution >= 4 is 11.3 Å². The van der Waals surface area contributed by atoms with Gasteiger partial charge >= 0.3 is 0 Å². The fraction of sp³-hybridized carbons (Fsp3) is 0.235. The number of imidazole rings is 1. The van der Waals surface area contributed by atoms with Gasteiger partial charge in [-0.25, -0.2) is 13.8 Å². The van der Waals surface area contributed by atoms with Gasteiger partial charge in [-0.3, -0.25) is 0 Å². The number of fused-ring (bicyclic) bond motifs is 1. The third kappa shape index (κ3) is 2.66. The van der Waals surface area contributed by atoms with Crippen LogP contribution in [0.25, 0.3) is 16.9 Å². The molecular formula is C17H16F2N4. The Bertz CT molecular complexity index is 853. The number of rotatable bonds is 2. The zero-order chi connectivity index (χ0) is 15.8. The number of piperazine rings is 1. The van der Waals surface area contributed by atoms with Crippen LogP contribution >= 0.6 is 0 Å². The Labute approximate surface area is 132 Å². The molecule has 2 aromatic heterocycles. The number of nitrogens with zero attached hydrogens (tertiary/aromatic N) is 3. The Kier molecular flexibility index (Phi) is 3.46. The third-order valence-corrected chi connectivity index (χ3v) is 4.13. The molecule has 3 aromatic rings. The topological polar surface area (TPSA) is 32.6 Å². The second-order valence-electron chi connectivity index (χ2n) is 5.64. The van der Waals surface area contributed by atoms with E-state index in [1.165, 1.54) is 12.1 Å². The highest BCUT2D eigenvalue weighted by Crippen LogP contribution is 2.23. The van der Waals surface area contributed by atoms with Gasteiger partial charge in [-0.2, -0.15) is 0 Å². The number of aromatic nitrogens is 2. The van der Waals surface area contributed by atoms with E-state index < -0.39 is 11.6 Å².